The number of rotatable bonds is 6. The molecule has 0 aliphatic heterocycles. The number of hydrogen-bond acceptors (Lipinski definition) is 5. The molecule has 0 atom stereocenters. The SMILES string of the molecule is COCCNCc1nc(-c2ccccc2F)no1. The van der Waals surface area contributed by atoms with E-state index in [0.717, 1.165) is 0 Å². The lowest BCUT2D eigenvalue weighted by molar-refractivity contribution is 0.197. The van der Waals surface area contributed by atoms with Gasteiger partial charge in [0.2, 0.25) is 11.7 Å². The van der Waals surface area contributed by atoms with Crippen LogP contribution in [0.4, 0.5) is 4.39 Å². The van der Waals surface area contributed by atoms with Crippen molar-refractivity contribution in [3.63, 3.8) is 0 Å². The Morgan fingerprint density at radius 1 is 1.39 bits per heavy atom. The summed E-state index contributed by atoms with van der Waals surface area (Å²) >= 11 is 0. The lowest BCUT2D eigenvalue weighted by Crippen LogP contribution is -2.18. The lowest BCUT2D eigenvalue weighted by atomic mass is 10.2. The Labute approximate surface area is 104 Å². The molecule has 1 N–H and O–H groups in total. The van der Waals surface area contributed by atoms with Crippen LogP contribution in [0.1, 0.15) is 5.89 Å². The van der Waals surface area contributed by atoms with Gasteiger partial charge in [0.15, 0.2) is 0 Å². The van der Waals surface area contributed by atoms with Gasteiger partial charge in [-0.25, -0.2) is 4.39 Å². The van der Waals surface area contributed by atoms with Crippen molar-refractivity contribution in [1.29, 1.82) is 0 Å². The van der Waals surface area contributed by atoms with Crippen LogP contribution in [0.25, 0.3) is 11.4 Å². The fraction of sp³-hybridized carbons (Fsp3) is 0.333. The van der Waals surface area contributed by atoms with Crippen LogP contribution in [0.2, 0.25) is 0 Å². The van der Waals surface area contributed by atoms with Crippen molar-refractivity contribution in [3.8, 4) is 11.4 Å². The quantitative estimate of drug-likeness (QED) is 0.790. The highest BCUT2D eigenvalue weighted by Crippen LogP contribution is 2.18. The molecular formula is C12H14FN3O2. The second kappa shape index (κ2) is 6.23. The summed E-state index contributed by atoms with van der Waals surface area (Å²) in [7, 11) is 1.63. The Hall–Kier alpha value is -1.79. The van der Waals surface area contributed by atoms with Crippen molar-refractivity contribution in [1.82, 2.24) is 15.5 Å². The Kier molecular flexibility index (Phi) is 4.38. The van der Waals surface area contributed by atoms with Crippen LogP contribution in [0, 0.1) is 5.82 Å². The number of nitrogens with zero attached hydrogens (tertiary/aromatic N) is 2. The standard InChI is InChI=1S/C12H14FN3O2/c1-17-7-6-14-8-11-15-12(16-18-11)9-4-2-3-5-10(9)13/h2-5,14H,6-8H2,1H3. The Bertz CT molecular complexity index is 502. The first kappa shape index (κ1) is 12.7. The highest BCUT2D eigenvalue weighted by atomic mass is 19.1. The molecule has 96 valence electrons. The summed E-state index contributed by atoms with van der Waals surface area (Å²) in [4.78, 5) is 4.12. The summed E-state index contributed by atoms with van der Waals surface area (Å²) in [5, 5.41) is 6.82. The average Bonchev–Trinajstić information content (AvgIpc) is 2.84. The zero-order valence-corrected chi connectivity index (χ0v) is 10.0. The predicted molar refractivity (Wildman–Crippen MR) is 63.3 cm³/mol. The number of nitrogens with one attached hydrogen (secondary N) is 1. The van der Waals surface area contributed by atoms with Crippen LogP contribution in [-0.2, 0) is 11.3 Å². The molecule has 1 aromatic carbocycles. The third-order valence-electron chi connectivity index (χ3n) is 2.34. The molecule has 0 unspecified atom stereocenters. The van der Waals surface area contributed by atoms with Gasteiger partial charge in [-0.15, -0.1) is 0 Å². The Balaban J connectivity index is 2.00. The first-order chi connectivity index (χ1) is 8.81. The van der Waals surface area contributed by atoms with E-state index >= 15 is 0 Å². The molecule has 0 saturated heterocycles. The Morgan fingerprint density at radius 3 is 3.00 bits per heavy atom. The topological polar surface area (TPSA) is 60.2 Å². The molecule has 0 spiro atoms. The molecule has 0 aliphatic rings. The normalized spacial score (nSPS) is 10.8. The van der Waals surface area contributed by atoms with Crippen molar-refractivity contribution in [2.75, 3.05) is 20.3 Å². The van der Waals surface area contributed by atoms with E-state index in [1.54, 1.807) is 25.3 Å². The summed E-state index contributed by atoms with van der Waals surface area (Å²) in [5.41, 5.74) is 0.337. The van der Waals surface area contributed by atoms with Crippen molar-refractivity contribution >= 4 is 0 Å². The van der Waals surface area contributed by atoms with E-state index in [0.29, 0.717) is 31.2 Å². The van der Waals surface area contributed by atoms with Gasteiger partial charge in [0.1, 0.15) is 5.82 Å². The van der Waals surface area contributed by atoms with Gasteiger partial charge in [0, 0.05) is 13.7 Å². The van der Waals surface area contributed by atoms with Gasteiger partial charge < -0.3 is 14.6 Å². The van der Waals surface area contributed by atoms with Crippen LogP contribution in [0.15, 0.2) is 28.8 Å². The van der Waals surface area contributed by atoms with Crippen LogP contribution >= 0.6 is 0 Å². The molecule has 0 saturated carbocycles. The summed E-state index contributed by atoms with van der Waals surface area (Å²) in [6.45, 7) is 1.73. The summed E-state index contributed by atoms with van der Waals surface area (Å²) in [6.07, 6.45) is 0. The molecule has 18 heavy (non-hydrogen) atoms. The molecule has 0 amide bonds. The summed E-state index contributed by atoms with van der Waals surface area (Å²) < 4.78 is 23.4. The van der Waals surface area contributed by atoms with Crippen LogP contribution in [0.3, 0.4) is 0 Å². The van der Waals surface area contributed by atoms with Gasteiger partial charge in [-0.2, -0.15) is 4.98 Å². The molecular weight excluding hydrogens is 237 g/mol. The van der Waals surface area contributed by atoms with Crippen LogP contribution in [0.5, 0.6) is 0 Å². The molecule has 2 aromatic rings. The maximum absolute atomic E-state index is 13.5. The molecule has 6 heteroatoms. The fourth-order valence-corrected chi connectivity index (χ4v) is 1.45. The monoisotopic (exact) mass is 251 g/mol. The molecule has 1 aromatic heterocycles. The van der Waals surface area contributed by atoms with E-state index in [4.69, 9.17) is 9.26 Å². The minimum atomic E-state index is -0.364. The van der Waals surface area contributed by atoms with E-state index in [1.807, 2.05) is 0 Å². The third-order valence-corrected chi connectivity index (χ3v) is 2.34. The number of ether oxygens (including phenoxy) is 1. The molecule has 2 rings (SSSR count). The van der Waals surface area contributed by atoms with E-state index in [-0.39, 0.29) is 11.6 Å². The van der Waals surface area contributed by atoms with E-state index in [1.165, 1.54) is 6.07 Å². The largest absolute Gasteiger partial charge is 0.383 e. The number of hydrogen-bond donors (Lipinski definition) is 1. The number of halogens is 1. The van der Waals surface area contributed by atoms with Gasteiger partial charge >= 0.3 is 0 Å². The van der Waals surface area contributed by atoms with E-state index in [2.05, 4.69) is 15.5 Å². The molecule has 0 radical (unpaired) electrons. The minimum absolute atomic E-state index is 0.261. The van der Waals surface area contributed by atoms with Gasteiger partial charge in [-0.3, -0.25) is 0 Å². The van der Waals surface area contributed by atoms with Crippen molar-refractivity contribution in [2.24, 2.45) is 0 Å². The molecule has 0 bridgehead atoms. The van der Waals surface area contributed by atoms with E-state index < -0.39 is 0 Å². The highest BCUT2D eigenvalue weighted by molar-refractivity contribution is 5.54. The number of methoxy groups -OCH3 is 1. The van der Waals surface area contributed by atoms with Gasteiger partial charge in [0.25, 0.3) is 0 Å². The first-order valence-corrected chi connectivity index (χ1v) is 5.58. The molecule has 5 nitrogen and oxygen atoms in total. The molecule has 0 fully saturated rings. The fourth-order valence-electron chi connectivity index (χ4n) is 1.45. The third kappa shape index (κ3) is 3.12. The molecule has 0 aliphatic carbocycles. The van der Waals surface area contributed by atoms with Gasteiger partial charge in [0.05, 0.1) is 18.7 Å². The van der Waals surface area contributed by atoms with Crippen LogP contribution < -0.4 is 5.32 Å². The Morgan fingerprint density at radius 2 is 2.22 bits per heavy atom. The highest BCUT2D eigenvalue weighted by Gasteiger charge is 2.11. The minimum Gasteiger partial charge on any atom is -0.383 e. The van der Waals surface area contributed by atoms with Gasteiger partial charge in [-0.1, -0.05) is 17.3 Å². The van der Waals surface area contributed by atoms with E-state index in [9.17, 15) is 4.39 Å². The smallest absolute Gasteiger partial charge is 0.240 e. The van der Waals surface area contributed by atoms with Crippen molar-refractivity contribution < 1.29 is 13.7 Å². The zero-order chi connectivity index (χ0) is 12.8. The second-order valence-corrected chi connectivity index (χ2v) is 3.66. The summed E-state index contributed by atoms with van der Waals surface area (Å²) in [5.74, 6) is 0.318. The first-order valence-electron chi connectivity index (χ1n) is 5.58. The average molecular weight is 251 g/mol. The number of benzene rings is 1. The van der Waals surface area contributed by atoms with Crippen molar-refractivity contribution in [3.05, 3.63) is 36.0 Å². The maximum atomic E-state index is 13.5. The maximum Gasteiger partial charge on any atom is 0.240 e. The van der Waals surface area contributed by atoms with Crippen LogP contribution in [-0.4, -0.2) is 30.4 Å². The number of aromatic nitrogens is 2. The van der Waals surface area contributed by atoms with Gasteiger partial charge in [-0.05, 0) is 12.1 Å². The van der Waals surface area contributed by atoms with Crippen molar-refractivity contribution in [2.45, 2.75) is 6.54 Å². The second-order valence-electron chi connectivity index (χ2n) is 3.66. The summed E-state index contributed by atoms with van der Waals surface area (Å²) in [6, 6.07) is 6.32. The lowest BCUT2D eigenvalue weighted by Gasteiger charge is -1.98. The zero-order valence-electron chi connectivity index (χ0n) is 10.0. The predicted octanol–water partition coefficient (Wildman–Crippen LogP) is 1.61. The molecule has 1 heterocycles.